The highest BCUT2D eigenvalue weighted by Gasteiger charge is 2.42. The molecule has 3 rings (SSSR count). The number of benzene rings is 1. The third kappa shape index (κ3) is 4.61. The minimum Gasteiger partial charge on any atom is -0.341 e. The predicted molar refractivity (Wildman–Crippen MR) is 108 cm³/mol. The van der Waals surface area contributed by atoms with E-state index < -0.39 is 0 Å². The molecule has 2 heterocycles. The van der Waals surface area contributed by atoms with Crippen LogP contribution < -0.4 is 0 Å². The molecule has 6 heteroatoms. The summed E-state index contributed by atoms with van der Waals surface area (Å²) in [5.74, 6) is 0.177. The van der Waals surface area contributed by atoms with Gasteiger partial charge in [-0.2, -0.15) is 0 Å². The van der Waals surface area contributed by atoms with E-state index in [0.717, 1.165) is 45.4 Å². The second-order valence-electron chi connectivity index (χ2n) is 8.59. The highest BCUT2D eigenvalue weighted by atomic mass is 16.2. The van der Waals surface area contributed by atoms with Crippen LogP contribution in [0.5, 0.6) is 0 Å². The Balaban J connectivity index is 1.72. The Bertz CT molecular complexity index is 761. The SMILES string of the molecule is CC(=O)c1cccc(C(=O)N2CCC[C@@]3(CCC(=O)N(CCN(C)C)C3)C2)c1. The van der Waals surface area contributed by atoms with Gasteiger partial charge in [-0.3, -0.25) is 14.4 Å². The Kier molecular flexibility index (Phi) is 6.18. The number of amides is 2. The standard InChI is InChI=1S/C22H31N3O3/c1-17(26)18-6-4-7-19(14-18)21(28)25-11-5-9-22(16-25)10-8-20(27)24(15-22)13-12-23(2)3/h4,6-7,14H,5,8-13,15-16H2,1-3H3/t22-/m0/s1. The van der Waals surface area contributed by atoms with Crippen LogP contribution in [0.25, 0.3) is 0 Å². The lowest BCUT2D eigenvalue weighted by molar-refractivity contribution is -0.139. The lowest BCUT2D eigenvalue weighted by Crippen LogP contribution is -2.55. The zero-order chi connectivity index (χ0) is 20.3. The van der Waals surface area contributed by atoms with Gasteiger partial charge in [0.05, 0.1) is 0 Å². The molecule has 28 heavy (non-hydrogen) atoms. The van der Waals surface area contributed by atoms with E-state index in [9.17, 15) is 14.4 Å². The molecule has 1 aromatic rings. The van der Waals surface area contributed by atoms with Crippen molar-refractivity contribution in [1.82, 2.24) is 14.7 Å². The Morgan fingerprint density at radius 2 is 1.89 bits per heavy atom. The topological polar surface area (TPSA) is 60.9 Å². The molecule has 6 nitrogen and oxygen atoms in total. The minimum atomic E-state index is -0.0351. The van der Waals surface area contributed by atoms with Crippen LogP contribution in [0.2, 0.25) is 0 Å². The highest BCUT2D eigenvalue weighted by Crippen LogP contribution is 2.39. The van der Waals surface area contributed by atoms with Crippen molar-refractivity contribution in [3.05, 3.63) is 35.4 Å². The molecular weight excluding hydrogens is 354 g/mol. The number of nitrogens with zero attached hydrogens (tertiary/aromatic N) is 3. The van der Waals surface area contributed by atoms with Crippen LogP contribution in [0.1, 0.15) is 53.3 Å². The summed E-state index contributed by atoms with van der Waals surface area (Å²) >= 11 is 0. The van der Waals surface area contributed by atoms with E-state index in [1.807, 2.05) is 23.9 Å². The number of ketones is 1. The van der Waals surface area contributed by atoms with Crippen LogP contribution in [0.4, 0.5) is 0 Å². The van der Waals surface area contributed by atoms with Gasteiger partial charge in [-0.15, -0.1) is 0 Å². The zero-order valence-electron chi connectivity index (χ0n) is 17.2. The lowest BCUT2D eigenvalue weighted by atomic mass is 9.73. The van der Waals surface area contributed by atoms with Crippen LogP contribution in [0, 0.1) is 5.41 Å². The van der Waals surface area contributed by atoms with Crippen molar-refractivity contribution in [1.29, 1.82) is 0 Å². The van der Waals surface area contributed by atoms with E-state index in [4.69, 9.17) is 0 Å². The van der Waals surface area contributed by atoms with E-state index in [2.05, 4.69) is 4.90 Å². The molecule has 0 aromatic heterocycles. The summed E-state index contributed by atoms with van der Waals surface area (Å²) in [4.78, 5) is 43.1. The first-order chi connectivity index (χ1) is 13.3. The first-order valence-corrected chi connectivity index (χ1v) is 10.1. The maximum absolute atomic E-state index is 13.1. The molecule has 1 spiro atoms. The number of carbonyl (C=O) groups excluding carboxylic acids is 3. The van der Waals surface area contributed by atoms with E-state index in [1.165, 1.54) is 6.92 Å². The molecule has 2 saturated heterocycles. The van der Waals surface area contributed by atoms with E-state index in [-0.39, 0.29) is 23.0 Å². The van der Waals surface area contributed by atoms with Crippen molar-refractivity contribution in [2.45, 2.75) is 32.6 Å². The van der Waals surface area contributed by atoms with Gasteiger partial charge in [-0.05, 0) is 52.4 Å². The molecule has 2 aliphatic rings. The summed E-state index contributed by atoms with van der Waals surface area (Å²) in [6.45, 7) is 5.25. The molecule has 0 radical (unpaired) electrons. The quantitative estimate of drug-likeness (QED) is 0.730. The number of carbonyl (C=O) groups is 3. The van der Waals surface area contributed by atoms with Crippen LogP contribution in [0.15, 0.2) is 24.3 Å². The third-order valence-electron chi connectivity index (χ3n) is 6.03. The molecule has 0 N–H and O–H groups in total. The fraction of sp³-hybridized carbons (Fsp3) is 0.591. The maximum Gasteiger partial charge on any atom is 0.253 e. The average Bonchev–Trinajstić information content (AvgIpc) is 2.68. The van der Waals surface area contributed by atoms with Crippen molar-refractivity contribution >= 4 is 17.6 Å². The summed E-state index contributed by atoms with van der Waals surface area (Å²) in [6, 6.07) is 6.99. The maximum atomic E-state index is 13.1. The number of likely N-dealkylation sites (N-methyl/N-ethyl adjacent to an activating group) is 1. The molecule has 2 aliphatic heterocycles. The van der Waals surface area contributed by atoms with Crippen LogP contribution in [-0.4, -0.2) is 79.1 Å². The third-order valence-corrected chi connectivity index (χ3v) is 6.03. The Labute approximate surface area is 167 Å². The average molecular weight is 386 g/mol. The monoisotopic (exact) mass is 385 g/mol. The lowest BCUT2D eigenvalue weighted by Gasteiger charge is -2.48. The summed E-state index contributed by atoms with van der Waals surface area (Å²) in [7, 11) is 4.03. The largest absolute Gasteiger partial charge is 0.341 e. The van der Waals surface area contributed by atoms with Crippen LogP contribution in [-0.2, 0) is 4.79 Å². The first kappa shape index (κ1) is 20.5. The summed E-state index contributed by atoms with van der Waals surface area (Å²) < 4.78 is 0. The minimum absolute atomic E-state index is 0.00762. The molecule has 2 amide bonds. The number of likely N-dealkylation sites (tertiary alicyclic amines) is 2. The van der Waals surface area contributed by atoms with Gasteiger partial charge in [0.25, 0.3) is 5.91 Å². The molecule has 2 fully saturated rings. The molecule has 1 aromatic carbocycles. The van der Waals surface area contributed by atoms with Crippen LogP contribution >= 0.6 is 0 Å². The van der Waals surface area contributed by atoms with Gasteiger partial charge in [-0.1, -0.05) is 12.1 Å². The van der Waals surface area contributed by atoms with Gasteiger partial charge in [-0.25, -0.2) is 0 Å². The fourth-order valence-corrected chi connectivity index (χ4v) is 4.39. The Hall–Kier alpha value is -2.21. The van der Waals surface area contributed by atoms with Crippen molar-refractivity contribution in [2.24, 2.45) is 5.41 Å². The first-order valence-electron chi connectivity index (χ1n) is 10.1. The normalized spacial score (nSPS) is 22.8. The van der Waals surface area contributed by atoms with Gasteiger partial charge in [0.2, 0.25) is 5.91 Å². The molecule has 1 atom stereocenters. The highest BCUT2D eigenvalue weighted by molar-refractivity contribution is 5.99. The Morgan fingerprint density at radius 1 is 1.14 bits per heavy atom. The number of Topliss-reactive ketones (excluding diaryl/α,β-unsaturated/α-hetero) is 1. The molecule has 0 unspecified atom stereocenters. The van der Waals surface area contributed by atoms with Gasteiger partial charge in [0, 0.05) is 55.7 Å². The second kappa shape index (κ2) is 8.43. The van der Waals surface area contributed by atoms with Gasteiger partial charge in [0.1, 0.15) is 0 Å². The fourth-order valence-electron chi connectivity index (χ4n) is 4.39. The zero-order valence-corrected chi connectivity index (χ0v) is 17.2. The number of piperidine rings is 2. The van der Waals surface area contributed by atoms with Gasteiger partial charge in [0.15, 0.2) is 5.78 Å². The second-order valence-corrected chi connectivity index (χ2v) is 8.59. The van der Waals surface area contributed by atoms with Crippen molar-refractivity contribution < 1.29 is 14.4 Å². The number of hydrogen-bond acceptors (Lipinski definition) is 4. The van der Waals surface area contributed by atoms with Gasteiger partial charge >= 0.3 is 0 Å². The number of rotatable bonds is 5. The van der Waals surface area contributed by atoms with Crippen LogP contribution in [0.3, 0.4) is 0 Å². The van der Waals surface area contributed by atoms with E-state index >= 15 is 0 Å². The van der Waals surface area contributed by atoms with E-state index in [0.29, 0.717) is 24.1 Å². The smallest absolute Gasteiger partial charge is 0.253 e. The summed E-state index contributed by atoms with van der Waals surface area (Å²) in [5.41, 5.74) is 1.13. The van der Waals surface area contributed by atoms with Crippen molar-refractivity contribution in [3.63, 3.8) is 0 Å². The predicted octanol–water partition coefficient (Wildman–Crippen LogP) is 2.30. The number of hydrogen-bond donors (Lipinski definition) is 0. The molecular formula is C22H31N3O3. The van der Waals surface area contributed by atoms with E-state index in [1.54, 1.807) is 24.3 Å². The Morgan fingerprint density at radius 3 is 2.61 bits per heavy atom. The van der Waals surface area contributed by atoms with Gasteiger partial charge < -0.3 is 14.7 Å². The molecule has 0 aliphatic carbocycles. The molecule has 152 valence electrons. The summed E-state index contributed by atoms with van der Waals surface area (Å²) in [5, 5.41) is 0. The van der Waals surface area contributed by atoms with Crippen molar-refractivity contribution in [3.8, 4) is 0 Å². The summed E-state index contributed by atoms with van der Waals surface area (Å²) in [6.07, 6.45) is 3.42. The van der Waals surface area contributed by atoms with Crippen molar-refractivity contribution in [2.75, 3.05) is 46.8 Å². The molecule has 0 saturated carbocycles. The molecule has 0 bridgehead atoms.